The van der Waals surface area contributed by atoms with Crippen LogP contribution in [0.5, 0.6) is 11.5 Å². The molecule has 1 aliphatic heterocycles. The van der Waals surface area contributed by atoms with Crippen LogP contribution in [0.4, 0.5) is 0 Å². The maximum atomic E-state index is 11.9. The minimum Gasteiger partial charge on any atom is -0.497 e. The fourth-order valence-corrected chi connectivity index (χ4v) is 2.75. The Balaban J connectivity index is 2.25. The maximum absolute atomic E-state index is 11.9. The number of benzene rings is 1. The number of nitrogens with zero attached hydrogens (tertiary/aromatic N) is 1. The Hall–Kier alpha value is -1.75. The van der Waals surface area contributed by atoms with Gasteiger partial charge in [-0.3, -0.25) is 4.79 Å². The second-order valence-electron chi connectivity index (χ2n) is 5.16. The molecule has 1 amide bonds. The number of hydrogen-bond acceptors (Lipinski definition) is 4. The third-order valence-electron chi connectivity index (χ3n) is 3.84. The molecule has 0 spiro atoms. The van der Waals surface area contributed by atoms with Crippen molar-refractivity contribution in [3.8, 4) is 11.5 Å². The van der Waals surface area contributed by atoms with Crippen molar-refractivity contribution in [1.82, 2.24) is 10.2 Å². The smallest absolute Gasteiger partial charge is 0.222 e. The number of carbonyl (C=O) groups excluding carboxylic acids is 1. The molecule has 1 unspecified atom stereocenters. The molecule has 116 valence electrons. The molecular formula is C16H24N2O3. The predicted octanol–water partition coefficient (Wildman–Crippen LogP) is 1.98. The Kier molecular flexibility index (Phi) is 5.44. The van der Waals surface area contributed by atoms with E-state index in [0.29, 0.717) is 13.0 Å². The monoisotopic (exact) mass is 292 g/mol. The third kappa shape index (κ3) is 3.67. The van der Waals surface area contributed by atoms with Gasteiger partial charge in [0.2, 0.25) is 5.91 Å². The molecule has 2 rings (SSSR count). The first-order valence-corrected chi connectivity index (χ1v) is 7.42. The van der Waals surface area contributed by atoms with E-state index in [4.69, 9.17) is 9.47 Å². The summed E-state index contributed by atoms with van der Waals surface area (Å²) in [5.41, 5.74) is 1.03. The zero-order valence-electron chi connectivity index (χ0n) is 13.0. The number of methoxy groups -OCH3 is 2. The van der Waals surface area contributed by atoms with Crippen molar-refractivity contribution in [1.29, 1.82) is 0 Å². The molecule has 1 aliphatic rings. The quantitative estimate of drug-likeness (QED) is 0.835. The zero-order chi connectivity index (χ0) is 15.2. The highest BCUT2D eigenvalue weighted by Gasteiger charge is 2.25. The average Bonchev–Trinajstić information content (AvgIpc) is 2.91. The van der Waals surface area contributed by atoms with Crippen LogP contribution in [-0.2, 0) is 4.79 Å². The van der Waals surface area contributed by atoms with Crippen LogP contribution in [0.2, 0.25) is 0 Å². The first kappa shape index (κ1) is 15.6. The fourth-order valence-electron chi connectivity index (χ4n) is 2.75. The summed E-state index contributed by atoms with van der Waals surface area (Å²) in [6, 6.07) is 5.81. The van der Waals surface area contributed by atoms with Gasteiger partial charge in [0, 0.05) is 25.1 Å². The van der Waals surface area contributed by atoms with Gasteiger partial charge in [-0.1, -0.05) is 6.92 Å². The summed E-state index contributed by atoms with van der Waals surface area (Å²) in [5, 5.41) is 3.44. The van der Waals surface area contributed by atoms with Gasteiger partial charge in [0.1, 0.15) is 11.5 Å². The van der Waals surface area contributed by atoms with Crippen LogP contribution < -0.4 is 14.8 Å². The van der Waals surface area contributed by atoms with Crippen molar-refractivity contribution in [2.45, 2.75) is 25.8 Å². The highest BCUT2D eigenvalue weighted by molar-refractivity contribution is 5.78. The molecule has 1 aromatic carbocycles. The Labute approximate surface area is 126 Å². The summed E-state index contributed by atoms with van der Waals surface area (Å²) in [6.07, 6.45) is 1.61. The van der Waals surface area contributed by atoms with Crippen molar-refractivity contribution < 1.29 is 14.3 Å². The van der Waals surface area contributed by atoms with Gasteiger partial charge in [-0.25, -0.2) is 0 Å². The van der Waals surface area contributed by atoms with Crippen LogP contribution in [0.15, 0.2) is 18.2 Å². The number of ether oxygens (including phenoxy) is 2. The average molecular weight is 292 g/mol. The van der Waals surface area contributed by atoms with Crippen LogP contribution in [0, 0.1) is 0 Å². The van der Waals surface area contributed by atoms with Crippen LogP contribution in [0.25, 0.3) is 0 Å². The molecule has 5 nitrogen and oxygen atoms in total. The standard InChI is InChI=1S/C16H24N2O3/c1-4-17-14(11-18-9-5-6-16(18)19)13-10-12(20-2)7-8-15(13)21-3/h7-8,10,14,17H,4-6,9,11H2,1-3H3. The number of carbonyl (C=O) groups is 1. The number of likely N-dealkylation sites (tertiary alicyclic amines) is 1. The number of rotatable bonds is 7. The van der Waals surface area contributed by atoms with Crippen molar-refractivity contribution in [2.24, 2.45) is 0 Å². The van der Waals surface area contributed by atoms with Gasteiger partial charge in [-0.15, -0.1) is 0 Å². The molecular weight excluding hydrogens is 268 g/mol. The number of likely N-dealkylation sites (N-methyl/N-ethyl adjacent to an activating group) is 1. The molecule has 0 saturated carbocycles. The third-order valence-corrected chi connectivity index (χ3v) is 3.84. The van der Waals surface area contributed by atoms with Gasteiger partial charge in [0.25, 0.3) is 0 Å². The molecule has 21 heavy (non-hydrogen) atoms. The van der Waals surface area contributed by atoms with Gasteiger partial charge in [0.05, 0.1) is 20.3 Å². The highest BCUT2D eigenvalue weighted by atomic mass is 16.5. The van der Waals surface area contributed by atoms with Crippen LogP contribution in [0.1, 0.15) is 31.4 Å². The van der Waals surface area contributed by atoms with Crippen LogP contribution >= 0.6 is 0 Å². The topological polar surface area (TPSA) is 50.8 Å². The Bertz CT molecular complexity index is 490. The van der Waals surface area contributed by atoms with Gasteiger partial charge in [-0.2, -0.15) is 0 Å². The highest BCUT2D eigenvalue weighted by Crippen LogP contribution is 2.30. The van der Waals surface area contributed by atoms with E-state index in [1.165, 1.54) is 0 Å². The van der Waals surface area contributed by atoms with Gasteiger partial charge in [-0.05, 0) is 31.2 Å². The minimum atomic E-state index is 0.0436. The van der Waals surface area contributed by atoms with E-state index in [1.54, 1.807) is 14.2 Å². The lowest BCUT2D eigenvalue weighted by Gasteiger charge is -2.26. The number of amides is 1. The molecule has 0 aromatic heterocycles. The van der Waals surface area contributed by atoms with Gasteiger partial charge >= 0.3 is 0 Å². The van der Waals surface area contributed by atoms with Gasteiger partial charge < -0.3 is 19.7 Å². The van der Waals surface area contributed by atoms with E-state index in [9.17, 15) is 4.79 Å². The zero-order valence-corrected chi connectivity index (χ0v) is 13.0. The summed E-state index contributed by atoms with van der Waals surface area (Å²) >= 11 is 0. The molecule has 1 N–H and O–H groups in total. The Morgan fingerprint density at radius 2 is 2.14 bits per heavy atom. The largest absolute Gasteiger partial charge is 0.497 e. The molecule has 0 aliphatic carbocycles. The maximum Gasteiger partial charge on any atom is 0.222 e. The van der Waals surface area contributed by atoms with E-state index in [-0.39, 0.29) is 11.9 Å². The van der Waals surface area contributed by atoms with Crippen molar-refractivity contribution in [3.05, 3.63) is 23.8 Å². The van der Waals surface area contributed by atoms with E-state index in [1.807, 2.05) is 23.1 Å². The second-order valence-corrected chi connectivity index (χ2v) is 5.16. The Morgan fingerprint density at radius 3 is 2.71 bits per heavy atom. The second kappa shape index (κ2) is 7.31. The molecule has 5 heteroatoms. The van der Waals surface area contributed by atoms with E-state index in [0.717, 1.165) is 36.6 Å². The fraction of sp³-hybridized carbons (Fsp3) is 0.562. The molecule has 0 bridgehead atoms. The first-order valence-electron chi connectivity index (χ1n) is 7.42. The van der Waals surface area contributed by atoms with E-state index >= 15 is 0 Å². The lowest BCUT2D eigenvalue weighted by atomic mass is 10.0. The summed E-state index contributed by atoms with van der Waals surface area (Å²) in [6.45, 7) is 4.39. The Morgan fingerprint density at radius 1 is 1.33 bits per heavy atom. The SMILES string of the molecule is CCNC(CN1CCCC1=O)c1cc(OC)ccc1OC. The lowest BCUT2D eigenvalue weighted by Crippen LogP contribution is -2.36. The van der Waals surface area contributed by atoms with Crippen molar-refractivity contribution in [2.75, 3.05) is 33.9 Å². The van der Waals surface area contributed by atoms with E-state index in [2.05, 4.69) is 12.2 Å². The summed E-state index contributed by atoms with van der Waals surface area (Å²) in [5.74, 6) is 1.84. The first-order chi connectivity index (χ1) is 10.2. The van der Waals surface area contributed by atoms with Crippen molar-refractivity contribution >= 4 is 5.91 Å². The normalized spacial score (nSPS) is 16.1. The van der Waals surface area contributed by atoms with Gasteiger partial charge in [0.15, 0.2) is 0 Å². The molecule has 1 fully saturated rings. The molecule has 1 heterocycles. The van der Waals surface area contributed by atoms with Crippen LogP contribution in [0.3, 0.4) is 0 Å². The molecule has 0 radical (unpaired) electrons. The summed E-state index contributed by atoms with van der Waals surface area (Å²) in [4.78, 5) is 13.8. The molecule has 1 aromatic rings. The number of hydrogen-bond donors (Lipinski definition) is 1. The minimum absolute atomic E-state index is 0.0436. The van der Waals surface area contributed by atoms with E-state index < -0.39 is 0 Å². The predicted molar refractivity (Wildman–Crippen MR) is 81.8 cm³/mol. The summed E-state index contributed by atoms with van der Waals surface area (Å²) < 4.78 is 10.8. The number of nitrogens with one attached hydrogen (secondary N) is 1. The molecule has 1 saturated heterocycles. The van der Waals surface area contributed by atoms with Crippen LogP contribution in [-0.4, -0.2) is 44.7 Å². The molecule has 1 atom stereocenters. The lowest BCUT2D eigenvalue weighted by molar-refractivity contribution is -0.128. The summed E-state index contributed by atoms with van der Waals surface area (Å²) in [7, 11) is 3.31. The van der Waals surface area contributed by atoms with Crippen molar-refractivity contribution in [3.63, 3.8) is 0 Å².